The molecule has 5 aliphatic rings. The van der Waals surface area contributed by atoms with Gasteiger partial charge < -0.3 is 20.1 Å². The third kappa shape index (κ3) is 13.8. The number of rotatable bonds is 4. The molecule has 1 fully saturated rings. The van der Waals surface area contributed by atoms with Gasteiger partial charge in [-0.1, -0.05) is 254 Å². The number of aliphatic hydroxyl groups is 3. The second-order valence-corrected chi connectivity index (χ2v) is 23.9. The largest absolute Gasteiger partial charge is 1.00 e. The summed E-state index contributed by atoms with van der Waals surface area (Å²) in [6, 6.07) is 79.8. The van der Waals surface area contributed by atoms with Crippen molar-refractivity contribution in [3.63, 3.8) is 0 Å². The standard InChI is InChI=1S/C26H21BrO2.C26H17Br.C14H9BrO2.C6H5.C4H8O.CH4O.Li/c27-20-15-16-23-24(17-20)26(29,19-11-5-2-6-12-19)22-14-8-7-13-21(22)25(23,28)18-9-3-1-4-10-18;27-20-15-16-23-24(17-20)26(19-11-5-2-6-12-19)22-14-8-7-13-21(22)25(23)18-9-3-1-4-10-18;15-8-5-6-11-12(7-8)14(17)10-4-2-1-3-9(10)13(11)16;1-2-4-6-5-3-1;1-2-4-5-3-1;1-2;/h1-17,21-22,28-29H;1-17H;1-7,9-10H;1-5H;1-4H2;2H,1H3;/q;;;-1;;;+1. The van der Waals surface area contributed by atoms with Crippen molar-refractivity contribution in [2.24, 2.45) is 23.7 Å². The number of benzene rings is 10. The molecule has 6 unspecified atom stereocenters. The van der Waals surface area contributed by atoms with Crippen LogP contribution in [0.1, 0.15) is 55.8 Å². The van der Waals surface area contributed by atoms with E-state index in [2.05, 4.69) is 157 Å². The van der Waals surface area contributed by atoms with Gasteiger partial charge in [0, 0.05) is 56.7 Å². The van der Waals surface area contributed by atoms with Gasteiger partial charge in [-0.2, -0.15) is 36.4 Å². The zero-order chi connectivity index (χ0) is 60.0. The molecule has 430 valence electrons. The van der Waals surface area contributed by atoms with E-state index in [0.29, 0.717) is 11.1 Å². The van der Waals surface area contributed by atoms with E-state index in [9.17, 15) is 19.8 Å². The van der Waals surface area contributed by atoms with Gasteiger partial charge in [-0.25, -0.2) is 0 Å². The number of ketones is 2. The number of halogens is 3. The van der Waals surface area contributed by atoms with E-state index in [1.807, 2.05) is 158 Å². The number of aliphatic hydroxyl groups excluding tert-OH is 1. The molecule has 1 saturated heterocycles. The van der Waals surface area contributed by atoms with E-state index in [1.54, 1.807) is 18.2 Å². The minimum Gasteiger partial charge on any atom is -0.400 e. The van der Waals surface area contributed by atoms with Gasteiger partial charge in [0.1, 0.15) is 11.2 Å². The molecule has 0 bridgehead atoms. The minimum atomic E-state index is -1.26. The molecule has 10 heteroatoms. The maximum absolute atomic E-state index is 12.3. The van der Waals surface area contributed by atoms with Crippen molar-refractivity contribution in [1.29, 1.82) is 0 Å². The second kappa shape index (κ2) is 30.2. The topological polar surface area (TPSA) is 104 Å². The molecule has 15 rings (SSSR count). The van der Waals surface area contributed by atoms with E-state index in [1.165, 1.54) is 56.6 Å². The Bertz CT molecular complexity index is 4040. The molecule has 1 heterocycles. The van der Waals surface area contributed by atoms with Crippen LogP contribution in [0.25, 0.3) is 43.8 Å². The Morgan fingerprint density at radius 3 is 1.31 bits per heavy atom. The smallest absolute Gasteiger partial charge is 0.400 e. The zero-order valence-corrected chi connectivity index (χ0v) is 53.2. The fourth-order valence-electron chi connectivity index (χ4n) is 12.2. The third-order valence-electron chi connectivity index (χ3n) is 16.1. The molecular formula is C77H64Br3LiO6. The number of carbonyl (C=O) groups excluding carboxylic acids is 2. The van der Waals surface area contributed by atoms with Gasteiger partial charge in [0.2, 0.25) is 0 Å². The fraction of sp³-hybridized carbons (Fsp3) is 0.143. The molecule has 0 spiro atoms. The van der Waals surface area contributed by atoms with Gasteiger partial charge in [0.25, 0.3) is 0 Å². The average Bonchev–Trinajstić information content (AvgIpc) is 1.55. The van der Waals surface area contributed by atoms with Crippen molar-refractivity contribution in [2.75, 3.05) is 20.3 Å². The van der Waals surface area contributed by atoms with Gasteiger partial charge in [-0.3, -0.25) is 9.59 Å². The van der Waals surface area contributed by atoms with Crippen LogP contribution in [0.15, 0.2) is 293 Å². The molecule has 6 atom stereocenters. The van der Waals surface area contributed by atoms with Crippen molar-refractivity contribution in [3.8, 4) is 22.3 Å². The Morgan fingerprint density at radius 2 is 0.828 bits per heavy atom. The molecule has 10 aromatic rings. The van der Waals surface area contributed by atoms with Crippen LogP contribution in [-0.4, -0.2) is 47.2 Å². The van der Waals surface area contributed by atoms with Gasteiger partial charge in [-0.15, -0.1) is 0 Å². The minimum absolute atomic E-state index is 0. The van der Waals surface area contributed by atoms with Crippen molar-refractivity contribution in [1.82, 2.24) is 0 Å². The Balaban J connectivity index is 0.000000143. The predicted molar refractivity (Wildman–Crippen MR) is 360 cm³/mol. The van der Waals surface area contributed by atoms with Crippen molar-refractivity contribution in [2.45, 2.75) is 24.0 Å². The zero-order valence-electron chi connectivity index (χ0n) is 48.4. The van der Waals surface area contributed by atoms with Gasteiger partial charge in [-0.05, 0) is 121 Å². The van der Waals surface area contributed by atoms with Crippen LogP contribution in [0.5, 0.6) is 0 Å². The summed E-state index contributed by atoms with van der Waals surface area (Å²) in [4.78, 5) is 24.5. The number of carbonyl (C=O) groups is 2. The number of hydrogen-bond acceptors (Lipinski definition) is 6. The third-order valence-corrected chi connectivity index (χ3v) is 17.6. The first-order valence-electron chi connectivity index (χ1n) is 28.7. The first-order valence-corrected chi connectivity index (χ1v) is 31.1. The van der Waals surface area contributed by atoms with E-state index in [-0.39, 0.29) is 54.1 Å². The van der Waals surface area contributed by atoms with Crippen LogP contribution in [0.4, 0.5) is 0 Å². The monoisotopic (exact) mass is 1330 g/mol. The van der Waals surface area contributed by atoms with Crippen LogP contribution in [0.2, 0.25) is 0 Å². The quantitative estimate of drug-likeness (QED) is 0.0921. The summed E-state index contributed by atoms with van der Waals surface area (Å²) in [5, 5.41) is 36.7. The summed E-state index contributed by atoms with van der Waals surface area (Å²) in [5.74, 6) is -1.20. The Hall–Kier alpha value is -7.10. The molecule has 1 aliphatic heterocycles. The van der Waals surface area contributed by atoms with Crippen LogP contribution in [0, 0.1) is 29.7 Å². The number of allylic oxidation sites excluding steroid dienone is 6. The summed E-state index contributed by atoms with van der Waals surface area (Å²) in [7, 11) is 1.00. The molecule has 87 heavy (non-hydrogen) atoms. The summed E-state index contributed by atoms with van der Waals surface area (Å²) in [5.41, 5.74) is 6.78. The van der Waals surface area contributed by atoms with Gasteiger partial charge >= 0.3 is 18.9 Å². The van der Waals surface area contributed by atoms with Crippen LogP contribution in [0.3, 0.4) is 0 Å². The molecule has 0 amide bonds. The van der Waals surface area contributed by atoms with Crippen molar-refractivity contribution in [3.05, 3.63) is 332 Å². The van der Waals surface area contributed by atoms with E-state index in [0.717, 1.165) is 56.0 Å². The van der Waals surface area contributed by atoms with Crippen molar-refractivity contribution < 1.29 is 48.5 Å². The molecule has 0 radical (unpaired) electrons. The second-order valence-electron chi connectivity index (χ2n) is 21.1. The predicted octanol–water partition coefficient (Wildman–Crippen LogP) is 15.5. The molecule has 0 aromatic heterocycles. The molecule has 0 saturated carbocycles. The summed E-state index contributed by atoms with van der Waals surface area (Å²) in [6.45, 7) is 2.00. The Labute approximate surface area is 547 Å². The molecule has 10 aromatic carbocycles. The van der Waals surface area contributed by atoms with Crippen molar-refractivity contribution >= 4 is 80.9 Å². The van der Waals surface area contributed by atoms with E-state index < -0.39 is 11.2 Å². The Kier molecular flexibility index (Phi) is 22.3. The number of fused-ring (bicyclic) bond motifs is 6. The normalized spacial score (nSPS) is 20.4. The summed E-state index contributed by atoms with van der Waals surface area (Å²) in [6.07, 6.45) is 17.8. The fourth-order valence-corrected chi connectivity index (χ4v) is 13.3. The maximum Gasteiger partial charge on any atom is 1.00 e. The first-order chi connectivity index (χ1) is 42.1. The van der Waals surface area contributed by atoms with Crippen LogP contribution < -0.4 is 18.9 Å². The van der Waals surface area contributed by atoms with Crippen LogP contribution >= 0.6 is 47.8 Å². The number of Topliss-reactive ketones (excluding diaryl/α,β-unsaturated/α-hetero) is 2. The van der Waals surface area contributed by atoms with E-state index in [4.69, 9.17) is 9.84 Å². The SMILES string of the molecule is Brc1ccc2c(-c3ccccc3)c3ccccc3c(-c3ccccc3)c2c1.C1CCOC1.CO.O=C1c2ccc(Br)cc2C(=O)C2C=CC=CC12.OC1(c2ccccc2)c2ccc(Br)cc2C(O)(c2ccccc2)C2C=CC=CC21.[Li+].[c-]1ccccc1. The van der Waals surface area contributed by atoms with Gasteiger partial charge in [0.05, 0.1) is 11.8 Å². The number of ether oxygens (including phenoxy) is 1. The molecule has 4 aliphatic carbocycles. The molecular weight excluding hydrogens is 1270 g/mol. The van der Waals surface area contributed by atoms with E-state index >= 15 is 0 Å². The van der Waals surface area contributed by atoms with Crippen LogP contribution in [-0.2, 0) is 15.9 Å². The Morgan fingerprint density at radius 1 is 0.425 bits per heavy atom. The number of hydrogen-bond donors (Lipinski definition) is 3. The van der Waals surface area contributed by atoms with Gasteiger partial charge in [0.15, 0.2) is 11.6 Å². The first kappa shape index (κ1) is 64.4. The summed E-state index contributed by atoms with van der Waals surface area (Å²) < 4.78 is 7.74. The summed E-state index contributed by atoms with van der Waals surface area (Å²) >= 11 is 10.6. The average molecular weight is 1330 g/mol. The molecule has 6 nitrogen and oxygen atoms in total. The maximum atomic E-state index is 12.3. The molecule has 3 N–H and O–H groups in total.